The van der Waals surface area contributed by atoms with Crippen molar-refractivity contribution in [2.75, 3.05) is 7.11 Å². The van der Waals surface area contributed by atoms with Crippen LogP contribution < -0.4 is 0 Å². The fourth-order valence-corrected chi connectivity index (χ4v) is 2.59. The van der Waals surface area contributed by atoms with Crippen LogP contribution in [0.4, 0.5) is 0 Å². The number of fused-ring (bicyclic) bond motifs is 4. The highest BCUT2D eigenvalue weighted by Crippen LogP contribution is 2.27. The minimum Gasteiger partial charge on any atom is -0.323 e. The third-order valence-corrected chi connectivity index (χ3v) is 3.52. The van der Waals surface area contributed by atoms with Crippen molar-refractivity contribution in [3.05, 3.63) is 24.3 Å². The highest BCUT2D eigenvalue weighted by molar-refractivity contribution is 6.05. The minimum atomic E-state index is -0.462. The van der Waals surface area contributed by atoms with E-state index in [4.69, 9.17) is 0 Å². The lowest BCUT2D eigenvalue weighted by Gasteiger charge is -2.05. The highest BCUT2D eigenvalue weighted by atomic mass is 17.2. The summed E-state index contributed by atoms with van der Waals surface area (Å²) in [7, 11) is 1.29. The first-order valence-electron chi connectivity index (χ1n) is 6.88. The molecule has 0 aliphatic rings. The predicted molar refractivity (Wildman–Crippen MR) is 78.1 cm³/mol. The molecule has 0 amide bonds. The van der Waals surface area contributed by atoms with Crippen molar-refractivity contribution in [1.29, 1.82) is 0 Å². The summed E-state index contributed by atoms with van der Waals surface area (Å²) in [5.41, 5.74) is 2.88. The molecule has 9 heteroatoms. The standard InChI is InChI=1S/C14H11N5O4/c1-21-22-10(20)6-7-19-9-5-3-2-4-8(9)11-14(19)16-13-12(15-11)17-23-18-13/h2-5H,6-7H2,1H3. The summed E-state index contributed by atoms with van der Waals surface area (Å²) < 4.78 is 6.55. The molecule has 0 radical (unpaired) electrons. The Morgan fingerprint density at radius 1 is 1.22 bits per heavy atom. The van der Waals surface area contributed by atoms with E-state index in [-0.39, 0.29) is 6.42 Å². The molecule has 3 aromatic heterocycles. The zero-order valence-corrected chi connectivity index (χ0v) is 12.1. The van der Waals surface area contributed by atoms with Crippen molar-refractivity contribution in [2.45, 2.75) is 13.0 Å². The van der Waals surface area contributed by atoms with E-state index in [1.807, 2.05) is 28.8 Å². The molecule has 0 fully saturated rings. The number of carbonyl (C=O) groups is 1. The van der Waals surface area contributed by atoms with Gasteiger partial charge >= 0.3 is 5.97 Å². The number of hydrogen-bond donors (Lipinski definition) is 0. The first-order chi connectivity index (χ1) is 11.3. The zero-order chi connectivity index (χ0) is 15.8. The van der Waals surface area contributed by atoms with Gasteiger partial charge in [-0.15, -0.1) is 0 Å². The van der Waals surface area contributed by atoms with Crippen LogP contribution in [0.25, 0.3) is 33.4 Å². The molecule has 0 atom stereocenters. The number of aromatic nitrogens is 5. The molecule has 3 heterocycles. The molecule has 0 N–H and O–H groups in total. The van der Waals surface area contributed by atoms with Crippen LogP contribution in [0.3, 0.4) is 0 Å². The largest absolute Gasteiger partial charge is 0.344 e. The maximum Gasteiger partial charge on any atom is 0.344 e. The van der Waals surface area contributed by atoms with Gasteiger partial charge in [-0.1, -0.05) is 18.2 Å². The normalized spacial score (nSPS) is 11.5. The monoisotopic (exact) mass is 313 g/mol. The van der Waals surface area contributed by atoms with Gasteiger partial charge in [0.2, 0.25) is 11.3 Å². The van der Waals surface area contributed by atoms with Crippen LogP contribution in [0, 0.1) is 0 Å². The van der Waals surface area contributed by atoms with Crippen molar-refractivity contribution in [2.24, 2.45) is 0 Å². The molecule has 0 spiro atoms. The average Bonchev–Trinajstić information content (AvgIpc) is 3.13. The van der Waals surface area contributed by atoms with E-state index in [1.54, 1.807) is 0 Å². The molecule has 0 saturated carbocycles. The van der Waals surface area contributed by atoms with E-state index in [9.17, 15) is 4.79 Å². The van der Waals surface area contributed by atoms with Crippen molar-refractivity contribution in [3.8, 4) is 0 Å². The third kappa shape index (κ3) is 2.18. The van der Waals surface area contributed by atoms with E-state index < -0.39 is 5.97 Å². The van der Waals surface area contributed by atoms with Crippen LogP contribution in [0.1, 0.15) is 6.42 Å². The number of hydrogen-bond acceptors (Lipinski definition) is 8. The first-order valence-corrected chi connectivity index (χ1v) is 6.88. The van der Waals surface area contributed by atoms with Gasteiger partial charge in [-0.3, -0.25) is 4.89 Å². The molecule has 0 saturated heterocycles. The van der Waals surface area contributed by atoms with Crippen LogP contribution >= 0.6 is 0 Å². The summed E-state index contributed by atoms with van der Waals surface area (Å²) in [6.07, 6.45) is 0.137. The Labute approximate surface area is 128 Å². The molecule has 0 unspecified atom stereocenters. The first kappa shape index (κ1) is 13.6. The van der Waals surface area contributed by atoms with Crippen LogP contribution in [0.15, 0.2) is 28.9 Å². The lowest BCUT2D eigenvalue weighted by Crippen LogP contribution is -2.09. The molecule has 0 aliphatic carbocycles. The molecule has 1 aromatic carbocycles. The molecule has 0 aliphatic heterocycles. The Kier molecular flexibility index (Phi) is 3.12. The summed E-state index contributed by atoms with van der Waals surface area (Å²) in [5, 5.41) is 8.36. The van der Waals surface area contributed by atoms with Gasteiger partial charge in [0.1, 0.15) is 5.52 Å². The van der Waals surface area contributed by atoms with E-state index in [2.05, 4.69) is 34.7 Å². The molecule has 116 valence electrons. The van der Waals surface area contributed by atoms with E-state index in [1.165, 1.54) is 7.11 Å². The summed E-state index contributed by atoms with van der Waals surface area (Å²) in [6, 6.07) is 7.71. The Morgan fingerprint density at radius 2 is 2.00 bits per heavy atom. The number of carbonyl (C=O) groups excluding carboxylic acids is 1. The quantitative estimate of drug-likeness (QED) is 0.413. The SMILES string of the molecule is COOC(=O)CCn1c2ccccc2c2nc3nonc3nc21. The molecule has 9 nitrogen and oxygen atoms in total. The number of aryl methyl sites for hydroxylation is 1. The third-order valence-electron chi connectivity index (χ3n) is 3.52. The molecular weight excluding hydrogens is 302 g/mol. The van der Waals surface area contributed by atoms with Crippen LogP contribution in [0.5, 0.6) is 0 Å². The Bertz CT molecular complexity index is 1020. The summed E-state index contributed by atoms with van der Waals surface area (Å²) >= 11 is 0. The average molecular weight is 313 g/mol. The van der Waals surface area contributed by atoms with Gasteiger partial charge in [0.05, 0.1) is 19.0 Å². The molecule has 4 aromatic rings. The molecular formula is C14H11N5O4. The molecule has 0 bridgehead atoms. The van der Waals surface area contributed by atoms with E-state index in [0.29, 0.717) is 29.0 Å². The lowest BCUT2D eigenvalue weighted by atomic mass is 10.2. The van der Waals surface area contributed by atoms with Gasteiger partial charge in [-0.25, -0.2) is 19.4 Å². The second kappa shape index (κ2) is 5.29. The molecule has 4 rings (SSSR count). The van der Waals surface area contributed by atoms with E-state index >= 15 is 0 Å². The fraction of sp³-hybridized carbons (Fsp3) is 0.214. The topological polar surface area (TPSA) is 105 Å². The maximum absolute atomic E-state index is 11.5. The highest BCUT2D eigenvalue weighted by Gasteiger charge is 2.17. The lowest BCUT2D eigenvalue weighted by molar-refractivity contribution is -0.255. The Balaban J connectivity index is 1.89. The van der Waals surface area contributed by atoms with Crippen LogP contribution in [0.2, 0.25) is 0 Å². The van der Waals surface area contributed by atoms with Gasteiger partial charge < -0.3 is 4.57 Å². The minimum absolute atomic E-state index is 0.137. The van der Waals surface area contributed by atoms with Gasteiger partial charge in [0.25, 0.3) is 0 Å². The maximum atomic E-state index is 11.5. The van der Waals surface area contributed by atoms with Crippen molar-refractivity contribution in [3.63, 3.8) is 0 Å². The number of benzene rings is 1. The van der Waals surface area contributed by atoms with Crippen molar-refractivity contribution >= 4 is 39.3 Å². The Hall–Kier alpha value is -3.07. The van der Waals surface area contributed by atoms with Crippen LogP contribution in [-0.4, -0.2) is 37.9 Å². The van der Waals surface area contributed by atoms with Crippen molar-refractivity contribution < 1.29 is 19.2 Å². The predicted octanol–water partition coefficient (Wildman–Crippen LogP) is 1.62. The van der Waals surface area contributed by atoms with E-state index in [0.717, 1.165) is 10.9 Å². The van der Waals surface area contributed by atoms with Gasteiger partial charge in [0, 0.05) is 11.9 Å². The number of rotatable bonds is 4. The zero-order valence-electron chi connectivity index (χ0n) is 12.1. The summed E-state index contributed by atoms with van der Waals surface area (Å²) in [6.45, 7) is 0.373. The summed E-state index contributed by atoms with van der Waals surface area (Å²) in [4.78, 5) is 29.3. The fourth-order valence-electron chi connectivity index (χ4n) is 2.59. The van der Waals surface area contributed by atoms with Crippen LogP contribution in [-0.2, 0) is 21.1 Å². The second-order valence-electron chi connectivity index (χ2n) is 4.85. The smallest absolute Gasteiger partial charge is 0.323 e. The summed E-state index contributed by atoms with van der Waals surface area (Å²) in [5.74, 6) is -0.462. The molecule has 23 heavy (non-hydrogen) atoms. The van der Waals surface area contributed by atoms with Crippen molar-refractivity contribution in [1.82, 2.24) is 24.8 Å². The second-order valence-corrected chi connectivity index (χ2v) is 4.85. The number of nitrogens with zero attached hydrogens (tertiary/aromatic N) is 5. The number of para-hydroxylation sites is 1. The van der Waals surface area contributed by atoms with Gasteiger partial charge in [-0.2, -0.15) is 4.89 Å². The van der Waals surface area contributed by atoms with Gasteiger partial charge in [0.15, 0.2) is 5.65 Å². The van der Waals surface area contributed by atoms with Gasteiger partial charge in [-0.05, 0) is 16.4 Å². The Morgan fingerprint density at radius 3 is 2.83 bits per heavy atom.